The van der Waals surface area contributed by atoms with Crippen molar-refractivity contribution in [2.45, 2.75) is 84.7 Å². The first-order valence-corrected chi connectivity index (χ1v) is 9.91. The van der Waals surface area contributed by atoms with Crippen LogP contribution in [0.3, 0.4) is 0 Å². The van der Waals surface area contributed by atoms with Crippen molar-refractivity contribution in [2.75, 3.05) is 6.61 Å². The third-order valence-electron chi connectivity index (χ3n) is 5.07. The fourth-order valence-electron chi connectivity index (χ4n) is 2.63. The molecule has 0 aromatic heterocycles. The number of hydrogen-bond donors (Lipinski definition) is 1. The summed E-state index contributed by atoms with van der Waals surface area (Å²) >= 11 is 0. The summed E-state index contributed by atoms with van der Waals surface area (Å²) in [5.74, 6) is 0.727. The second kappa shape index (κ2) is 8.33. The molecule has 7 heteroatoms. The third kappa shape index (κ3) is 5.88. The monoisotopic (exact) mass is 391 g/mol. The average molecular weight is 391 g/mol. The van der Waals surface area contributed by atoms with Gasteiger partial charge >= 0.3 is 13.2 Å². The van der Waals surface area contributed by atoms with Gasteiger partial charge in [-0.2, -0.15) is 0 Å². The fourth-order valence-corrected chi connectivity index (χ4v) is 2.63. The Morgan fingerprint density at radius 3 is 2.11 bits per heavy atom. The van der Waals surface area contributed by atoms with E-state index in [9.17, 15) is 4.79 Å². The van der Waals surface area contributed by atoms with Crippen molar-refractivity contribution in [3.05, 3.63) is 24.3 Å². The van der Waals surface area contributed by atoms with E-state index in [2.05, 4.69) is 5.32 Å². The minimum absolute atomic E-state index is 0.127. The highest BCUT2D eigenvalue weighted by molar-refractivity contribution is 6.62. The van der Waals surface area contributed by atoms with Crippen molar-refractivity contribution in [3.8, 4) is 5.75 Å². The zero-order valence-electron chi connectivity index (χ0n) is 18.4. The minimum Gasteiger partial charge on any atom is -0.491 e. The van der Waals surface area contributed by atoms with Gasteiger partial charge in [0.1, 0.15) is 18.0 Å². The lowest BCUT2D eigenvalue weighted by molar-refractivity contribution is 0.00578. The van der Waals surface area contributed by atoms with E-state index >= 15 is 0 Å². The zero-order valence-corrected chi connectivity index (χ0v) is 18.4. The molecule has 0 bridgehead atoms. The van der Waals surface area contributed by atoms with Gasteiger partial charge in [0.15, 0.2) is 0 Å². The summed E-state index contributed by atoms with van der Waals surface area (Å²) in [6, 6.07) is 7.54. The predicted molar refractivity (Wildman–Crippen MR) is 111 cm³/mol. The van der Waals surface area contributed by atoms with Gasteiger partial charge in [-0.3, -0.25) is 0 Å². The maximum atomic E-state index is 11.9. The first-order chi connectivity index (χ1) is 12.8. The highest BCUT2D eigenvalue weighted by Gasteiger charge is 2.51. The number of ether oxygens (including phenoxy) is 2. The average Bonchev–Trinajstić information content (AvgIpc) is 2.78. The van der Waals surface area contributed by atoms with Crippen molar-refractivity contribution in [3.63, 3.8) is 0 Å². The molecule has 0 spiro atoms. The topological polar surface area (TPSA) is 66.0 Å². The molecule has 1 atom stereocenters. The van der Waals surface area contributed by atoms with Crippen molar-refractivity contribution in [2.24, 2.45) is 0 Å². The number of nitrogens with one attached hydrogen (secondary N) is 1. The molecule has 1 aromatic carbocycles. The predicted octanol–water partition coefficient (Wildman–Crippen LogP) is 3.67. The van der Waals surface area contributed by atoms with Gasteiger partial charge in [0.2, 0.25) is 0 Å². The normalized spacial score (nSPS) is 19.2. The molecule has 1 aliphatic rings. The lowest BCUT2D eigenvalue weighted by Crippen LogP contribution is -2.41. The molecule has 1 heterocycles. The van der Waals surface area contributed by atoms with Crippen LogP contribution in [0, 0.1) is 0 Å². The largest absolute Gasteiger partial charge is 0.494 e. The molecule has 28 heavy (non-hydrogen) atoms. The van der Waals surface area contributed by atoms with E-state index in [0.29, 0.717) is 6.61 Å². The van der Waals surface area contributed by atoms with Crippen molar-refractivity contribution >= 4 is 18.7 Å². The van der Waals surface area contributed by atoms with Crippen LogP contribution in [0.25, 0.3) is 0 Å². The smallest absolute Gasteiger partial charge is 0.491 e. The lowest BCUT2D eigenvalue weighted by Gasteiger charge is -2.32. The van der Waals surface area contributed by atoms with E-state index in [1.165, 1.54) is 0 Å². The Morgan fingerprint density at radius 2 is 1.64 bits per heavy atom. The Bertz CT molecular complexity index is 650. The molecule has 1 saturated heterocycles. The quantitative estimate of drug-likeness (QED) is 0.750. The van der Waals surface area contributed by atoms with Crippen LogP contribution in [-0.2, 0) is 14.0 Å². The van der Waals surface area contributed by atoms with Crippen LogP contribution in [0.2, 0.25) is 0 Å². The molecule has 0 radical (unpaired) electrons. The molecule has 156 valence electrons. The number of amides is 1. The van der Waals surface area contributed by atoms with Crippen molar-refractivity contribution in [1.82, 2.24) is 5.32 Å². The first-order valence-electron chi connectivity index (χ1n) is 9.91. The van der Waals surface area contributed by atoms with Gasteiger partial charge in [0.25, 0.3) is 0 Å². The molecule has 1 aromatic rings. The molecular weight excluding hydrogens is 357 g/mol. The summed E-state index contributed by atoms with van der Waals surface area (Å²) in [6.07, 6.45) is 0.310. The number of carbonyl (C=O) groups excluding carboxylic acids is 1. The first kappa shape index (κ1) is 22.6. The molecule has 1 aliphatic heterocycles. The van der Waals surface area contributed by atoms with Crippen molar-refractivity contribution in [1.29, 1.82) is 0 Å². The van der Waals surface area contributed by atoms with Gasteiger partial charge in [-0.05, 0) is 72.5 Å². The van der Waals surface area contributed by atoms with E-state index in [4.69, 9.17) is 18.8 Å². The van der Waals surface area contributed by atoms with E-state index in [1.54, 1.807) is 0 Å². The Labute approximate surface area is 169 Å². The number of benzene rings is 1. The maximum absolute atomic E-state index is 11.9. The van der Waals surface area contributed by atoms with Gasteiger partial charge in [-0.15, -0.1) is 0 Å². The molecule has 0 aliphatic carbocycles. The van der Waals surface area contributed by atoms with Gasteiger partial charge in [-0.25, -0.2) is 4.79 Å². The summed E-state index contributed by atoms with van der Waals surface area (Å²) in [4.78, 5) is 11.9. The highest BCUT2D eigenvalue weighted by Crippen LogP contribution is 2.36. The van der Waals surface area contributed by atoms with E-state index in [-0.39, 0.29) is 17.2 Å². The summed E-state index contributed by atoms with van der Waals surface area (Å²) in [7, 11) is -0.392. The van der Waals surface area contributed by atoms with Gasteiger partial charge in [-0.1, -0.05) is 19.1 Å². The zero-order chi connectivity index (χ0) is 21.2. The molecule has 1 amide bonds. The standard InChI is InChI=1S/C21H34BNO5/c1-9-16(23-18(24)26-19(2,3)4)14-25-17-12-10-15(11-13-17)22-27-20(5,6)21(7,8)28-22/h10-13,16H,9,14H2,1-8H3,(H,23,24)/t16-/m0/s1. The molecule has 1 N–H and O–H groups in total. The molecule has 2 rings (SSSR count). The van der Waals surface area contributed by atoms with Gasteiger partial charge in [0.05, 0.1) is 17.2 Å². The Hall–Kier alpha value is -1.73. The summed E-state index contributed by atoms with van der Waals surface area (Å²) in [5, 5.41) is 2.84. The summed E-state index contributed by atoms with van der Waals surface area (Å²) < 4.78 is 23.3. The maximum Gasteiger partial charge on any atom is 0.494 e. The summed E-state index contributed by atoms with van der Waals surface area (Å²) in [5.41, 5.74) is -0.305. The van der Waals surface area contributed by atoms with E-state index in [1.807, 2.05) is 79.7 Å². The number of hydrogen-bond acceptors (Lipinski definition) is 5. The molecule has 0 saturated carbocycles. The number of rotatable bonds is 6. The van der Waals surface area contributed by atoms with Crippen LogP contribution in [0.4, 0.5) is 4.79 Å². The van der Waals surface area contributed by atoms with Crippen LogP contribution < -0.4 is 15.5 Å². The molecule has 1 fully saturated rings. The highest BCUT2D eigenvalue weighted by atomic mass is 16.7. The second-order valence-electron chi connectivity index (χ2n) is 9.22. The van der Waals surface area contributed by atoms with E-state index in [0.717, 1.165) is 17.6 Å². The minimum atomic E-state index is -0.521. The van der Waals surface area contributed by atoms with Gasteiger partial charge < -0.3 is 24.1 Å². The molecular formula is C21H34BNO5. The Kier molecular flexibility index (Phi) is 6.72. The van der Waals surface area contributed by atoms with Crippen LogP contribution in [0.15, 0.2) is 24.3 Å². The Balaban J connectivity index is 1.89. The van der Waals surface area contributed by atoms with Gasteiger partial charge in [0, 0.05) is 0 Å². The number of carbonyl (C=O) groups is 1. The molecule has 6 nitrogen and oxygen atoms in total. The van der Waals surface area contributed by atoms with Crippen LogP contribution in [0.5, 0.6) is 5.75 Å². The van der Waals surface area contributed by atoms with E-state index < -0.39 is 18.8 Å². The third-order valence-corrected chi connectivity index (χ3v) is 5.07. The SMILES string of the molecule is CC[C@@H](COc1ccc(B2OC(C)(C)C(C)(C)O2)cc1)NC(=O)OC(C)(C)C. The van der Waals surface area contributed by atoms with Crippen molar-refractivity contribution < 1.29 is 23.6 Å². The summed E-state index contributed by atoms with van der Waals surface area (Å²) in [6.45, 7) is 16.0. The fraction of sp³-hybridized carbons (Fsp3) is 0.667. The van der Waals surface area contributed by atoms with Crippen LogP contribution >= 0.6 is 0 Å². The number of alkyl carbamates (subject to hydrolysis) is 1. The lowest BCUT2D eigenvalue weighted by atomic mass is 9.79. The van der Waals surface area contributed by atoms with Crippen LogP contribution in [0.1, 0.15) is 61.8 Å². The molecule has 0 unspecified atom stereocenters. The Morgan fingerprint density at radius 1 is 1.11 bits per heavy atom. The van der Waals surface area contributed by atoms with Crippen LogP contribution in [-0.4, -0.2) is 42.7 Å². The second-order valence-corrected chi connectivity index (χ2v) is 9.22.